The van der Waals surface area contributed by atoms with Crippen LogP contribution >= 0.6 is 0 Å². The minimum Gasteiger partial charge on any atom is -0.309 e. The molecule has 0 saturated heterocycles. The molecule has 7 aromatic rings. The zero-order valence-corrected chi connectivity index (χ0v) is 22.3. The van der Waals surface area contributed by atoms with Crippen LogP contribution < -0.4 is 20.7 Å². The molecule has 39 heavy (non-hydrogen) atoms. The molecule has 186 valence electrons. The minimum absolute atomic E-state index is 0.220. The largest absolute Gasteiger partial charge is 0.309 e. The fourth-order valence-corrected chi connectivity index (χ4v) is 10.9. The van der Waals surface area contributed by atoms with E-state index < -0.39 is 8.07 Å². The van der Waals surface area contributed by atoms with E-state index in [2.05, 4.69) is 138 Å². The third-order valence-corrected chi connectivity index (χ3v) is 12.6. The Balaban J connectivity index is 1.63. The summed E-state index contributed by atoms with van der Waals surface area (Å²) in [4.78, 5) is 0. The summed E-state index contributed by atoms with van der Waals surface area (Å²) in [6.07, 6.45) is 0. The number of halogens is 1. The maximum Gasteiger partial charge on any atom is 0.179 e. The quantitative estimate of drug-likeness (QED) is 0.186. The molecule has 0 aliphatic rings. The minimum atomic E-state index is -2.79. The molecule has 7 rings (SSSR count). The Morgan fingerprint density at radius 3 is 1.54 bits per heavy atom. The summed E-state index contributed by atoms with van der Waals surface area (Å²) in [5, 5.41) is 7.41. The summed E-state index contributed by atoms with van der Waals surface area (Å²) in [5.74, 6) is -0.220. The van der Waals surface area contributed by atoms with E-state index in [0.29, 0.717) is 0 Å². The van der Waals surface area contributed by atoms with Gasteiger partial charge in [-0.15, -0.1) is 0 Å². The molecular weight excluding hydrogens is 493 g/mol. The van der Waals surface area contributed by atoms with Gasteiger partial charge in [-0.05, 0) is 57.1 Å². The van der Waals surface area contributed by atoms with Gasteiger partial charge < -0.3 is 4.57 Å². The van der Waals surface area contributed by atoms with Crippen LogP contribution in [-0.2, 0) is 0 Å². The molecule has 1 heterocycles. The van der Waals surface area contributed by atoms with Gasteiger partial charge in [0.25, 0.3) is 0 Å². The van der Waals surface area contributed by atoms with E-state index in [1.54, 1.807) is 12.1 Å². The lowest BCUT2D eigenvalue weighted by Crippen LogP contribution is -2.74. The zero-order chi connectivity index (χ0) is 26.2. The van der Waals surface area contributed by atoms with Crippen LogP contribution in [0.2, 0.25) is 0 Å². The summed E-state index contributed by atoms with van der Waals surface area (Å²) in [5.41, 5.74) is 3.49. The lowest BCUT2D eigenvalue weighted by molar-refractivity contribution is 0.628. The Labute approximate surface area is 228 Å². The number of para-hydroxylation sites is 2. The van der Waals surface area contributed by atoms with Crippen LogP contribution in [-0.4, -0.2) is 12.6 Å². The maximum absolute atomic E-state index is 14.3. The SMILES string of the molecule is Fc1ccc([Si](c2ccccc2)(c2ccccc2)c2ccc3c4ccccc4n(-c4ccccc4)c3c2)cc1. The van der Waals surface area contributed by atoms with Gasteiger partial charge >= 0.3 is 0 Å². The number of nitrogens with zero attached hydrogens (tertiary/aromatic N) is 1. The van der Waals surface area contributed by atoms with Crippen LogP contribution in [0.4, 0.5) is 4.39 Å². The topological polar surface area (TPSA) is 4.93 Å². The van der Waals surface area contributed by atoms with Crippen LogP contribution in [0.5, 0.6) is 0 Å². The first-order valence-corrected chi connectivity index (χ1v) is 15.2. The average molecular weight is 520 g/mol. The van der Waals surface area contributed by atoms with Gasteiger partial charge in [0.05, 0.1) is 11.0 Å². The summed E-state index contributed by atoms with van der Waals surface area (Å²) in [6, 6.07) is 54.8. The van der Waals surface area contributed by atoms with Gasteiger partial charge in [-0.2, -0.15) is 0 Å². The molecule has 0 bridgehead atoms. The standard InChI is InChI=1S/C36H26FNSi/c37-27-20-22-31(23-21-27)39(29-14-6-2-7-15-29,30-16-8-3-9-17-30)32-24-25-34-33-18-10-11-19-35(33)38(36(34)26-32)28-12-4-1-5-13-28/h1-26H. The average Bonchev–Trinajstić information content (AvgIpc) is 3.34. The second-order valence-electron chi connectivity index (χ2n) is 9.91. The van der Waals surface area contributed by atoms with Gasteiger partial charge in [0.2, 0.25) is 0 Å². The van der Waals surface area contributed by atoms with E-state index >= 15 is 0 Å². The molecule has 0 aliphatic heterocycles. The molecule has 0 fully saturated rings. The lowest BCUT2D eigenvalue weighted by Gasteiger charge is -2.34. The van der Waals surface area contributed by atoms with Crippen molar-refractivity contribution < 1.29 is 4.39 Å². The Morgan fingerprint density at radius 1 is 0.410 bits per heavy atom. The molecule has 6 aromatic carbocycles. The first-order chi connectivity index (χ1) is 19.3. The van der Waals surface area contributed by atoms with Crippen molar-refractivity contribution in [3.05, 3.63) is 164 Å². The molecule has 0 saturated carbocycles. The number of hydrogen-bond donors (Lipinski definition) is 0. The van der Waals surface area contributed by atoms with Gasteiger partial charge in [-0.3, -0.25) is 0 Å². The van der Waals surface area contributed by atoms with Crippen LogP contribution in [0.3, 0.4) is 0 Å². The van der Waals surface area contributed by atoms with E-state index in [0.717, 1.165) is 10.9 Å². The molecule has 0 radical (unpaired) electrons. The molecule has 0 N–H and O–H groups in total. The number of rotatable bonds is 5. The highest BCUT2D eigenvalue weighted by atomic mass is 28.3. The summed E-state index contributed by atoms with van der Waals surface area (Å²) in [7, 11) is -2.79. The van der Waals surface area contributed by atoms with Crippen molar-refractivity contribution >= 4 is 50.6 Å². The van der Waals surface area contributed by atoms with E-state index in [4.69, 9.17) is 0 Å². The molecule has 3 heteroatoms. The van der Waals surface area contributed by atoms with Crippen LogP contribution in [0.25, 0.3) is 27.5 Å². The molecular formula is C36H26FNSi. The lowest BCUT2D eigenvalue weighted by atomic mass is 10.1. The second-order valence-corrected chi connectivity index (χ2v) is 13.7. The molecule has 0 unspecified atom stereocenters. The maximum atomic E-state index is 14.3. The van der Waals surface area contributed by atoms with Gasteiger partial charge in [0.15, 0.2) is 8.07 Å². The Bertz CT molecular complexity index is 1850. The summed E-state index contributed by atoms with van der Waals surface area (Å²) < 4.78 is 16.6. The number of benzene rings is 6. The van der Waals surface area contributed by atoms with E-state index in [1.807, 2.05) is 12.1 Å². The Kier molecular flexibility index (Phi) is 5.72. The number of hydrogen-bond acceptors (Lipinski definition) is 0. The van der Waals surface area contributed by atoms with Gasteiger partial charge in [0.1, 0.15) is 5.82 Å². The van der Waals surface area contributed by atoms with Crippen molar-refractivity contribution in [3.63, 3.8) is 0 Å². The first-order valence-electron chi connectivity index (χ1n) is 13.2. The third-order valence-electron chi connectivity index (χ3n) is 7.81. The van der Waals surface area contributed by atoms with Gasteiger partial charge in [0, 0.05) is 16.5 Å². The van der Waals surface area contributed by atoms with E-state index in [1.165, 1.54) is 37.4 Å². The van der Waals surface area contributed by atoms with Crippen LogP contribution in [0.1, 0.15) is 0 Å². The molecule has 1 aromatic heterocycles. The molecule has 0 amide bonds. The third kappa shape index (κ3) is 3.74. The van der Waals surface area contributed by atoms with E-state index in [9.17, 15) is 4.39 Å². The second kappa shape index (κ2) is 9.54. The molecule has 0 atom stereocenters. The molecule has 0 spiro atoms. The Hall–Kier alpha value is -4.73. The van der Waals surface area contributed by atoms with Crippen molar-refractivity contribution in [1.82, 2.24) is 4.57 Å². The smallest absolute Gasteiger partial charge is 0.179 e. The highest BCUT2D eigenvalue weighted by Gasteiger charge is 2.41. The predicted molar refractivity (Wildman–Crippen MR) is 164 cm³/mol. The predicted octanol–water partition coefficient (Wildman–Crippen LogP) is 6.30. The number of fused-ring (bicyclic) bond motifs is 3. The molecule has 0 aliphatic carbocycles. The Morgan fingerprint density at radius 2 is 0.897 bits per heavy atom. The fourth-order valence-electron chi connectivity index (χ4n) is 6.14. The van der Waals surface area contributed by atoms with Gasteiger partial charge in [-0.1, -0.05) is 121 Å². The summed E-state index contributed by atoms with van der Waals surface area (Å²) >= 11 is 0. The highest BCUT2D eigenvalue weighted by Crippen LogP contribution is 2.31. The first kappa shape index (κ1) is 23.4. The monoisotopic (exact) mass is 519 g/mol. The van der Waals surface area contributed by atoms with Crippen molar-refractivity contribution in [3.8, 4) is 5.69 Å². The van der Waals surface area contributed by atoms with Crippen molar-refractivity contribution in [1.29, 1.82) is 0 Å². The van der Waals surface area contributed by atoms with Crippen molar-refractivity contribution in [2.24, 2.45) is 0 Å². The fraction of sp³-hybridized carbons (Fsp3) is 0. The number of aromatic nitrogens is 1. The highest BCUT2D eigenvalue weighted by molar-refractivity contribution is 7.20. The van der Waals surface area contributed by atoms with Gasteiger partial charge in [-0.25, -0.2) is 4.39 Å². The van der Waals surface area contributed by atoms with Crippen molar-refractivity contribution in [2.45, 2.75) is 0 Å². The zero-order valence-electron chi connectivity index (χ0n) is 21.3. The summed E-state index contributed by atoms with van der Waals surface area (Å²) in [6.45, 7) is 0. The normalized spacial score (nSPS) is 11.7. The van der Waals surface area contributed by atoms with Crippen LogP contribution in [0.15, 0.2) is 158 Å². The van der Waals surface area contributed by atoms with Crippen molar-refractivity contribution in [2.75, 3.05) is 0 Å². The molecule has 1 nitrogen and oxygen atoms in total. The van der Waals surface area contributed by atoms with Crippen LogP contribution in [0, 0.1) is 5.82 Å². The van der Waals surface area contributed by atoms with E-state index in [-0.39, 0.29) is 5.82 Å².